The molecule has 0 saturated carbocycles. The Hall–Kier alpha value is -1.29. The van der Waals surface area contributed by atoms with E-state index < -0.39 is 0 Å². The first-order valence-electron chi connectivity index (χ1n) is 8.86. The summed E-state index contributed by atoms with van der Waals surface area (Å²) >= 11 is 0. The molecule has 1 nitrogen and oxygen atoms in total. The lowest BCUT2D eigenvalue weighted by molar-refractivity contribution is 0.549. The molecule has 0 heterocycles. The summed E-state index contributed by atoms with van der Waals surface area (Å²) in [7, 11) is 0. The third kappa shape index (κ3) is 9.29. The van der Waals surface area contributed by atoms with Gasteiger partial charge in [-0.15, -0.1) is 0 Å². The van der Waals surface area contributed by atoms with Crippen molar-refractivity contribution in [3.8, 4) is 6.07 Å². The lowest BCUT2D eigenvalue weighted by atomic mass is 10.0. The van der Waals surface area contributed by atoms with Crippen LogP contribution >= 0.6 is 0 Å². The molecule has 0 aliphatic rings. The quantitative estimate of drug-likeness (QED) is 0.407. The van der Waals surface area contributed by atoms with Crippen LogP contribution < -0.4 is 0 Å². The highest BCUT2D eigenvalue weighted by atomic mass is 14.2. The maximum atomic E-state index is 8.76. The molecular weight excluding hydrogens is 254 g/mol. The van der Waals surface area contributed by atoms with Crippen molar-refractivity contribution in [2.75, 3.05) is 0 Å². The molecule has 0 aromatic heterocycles. The monoisotopic (exact) mass is 285 g/mol. The van der Waals surface area contributed by atoms with Crippen LogP contribution in [0.5, 0.6) is 0 Å². The van der Waals surface area contributed by atoms with E-state index in [4.69, 9.17) is 5.26 Å². The highest BCUT2D eigenvalue weighted by Gasteiger charge is 1.96. The number of aryl methyl sites for hydroxylation is 1. The van der Waals surface area contributed by atoms with E-state index in [2.05, 4.69) is 25.1 Å². The highest BCUT2D eigenvalue weighted by molar-refractivity contribution is 5.31. The molecule has 0 bridgehead atoms. The molecular formula is C20H31N. The van der Waals surface area contributed by atoms with Crippen LogP contribution in [0.1, 0.15) is 88.7 Å². The van der Waals surface area contributed by atoms with E-state index in [1.807, 2.05) is 12.1 Å². The van der Waals surface area contributed by atoms with E-state index in [1.54, 1.807) is 0 Å². The molecule has 0 spiro atoms. The maximum absolute atomic E-state index is 8.76. The van der Waals surface area contributed by atoms with Gasteiger partial charge in [-0.05, 0) is 30.5 Å². The van der Waals surface area contributed by atoms with Gasteiger partial charge in [-0.1, -0.05) is 83.3 Å². The van der Waals surface area contributed by atoms with Gasteiger partial charge >= 0.3 is 0 Å². The number of benzene rings is 1. The van der Waals surface area contributed by atoms with Gasteiger partial charge in [0.2, 0.25) is 0 Å². The van der Waals surface area contributed by atoms with Crippen LogP contribution in [0.4, 0.5) is 0 Å². The highest BCUT2D eigenvalue weighted by Crippen LogP contribution is 2.13. The molecule has 1 aromatic rings. The van der Waals surface area contributed by atoms with Crippen molar-refractivity contribution < 1.29 is 0 Å². The van der Waals surface area contributed by atoms with Crippen molar-refractivity contribution in [3.63, 3.8) is 0 Å². The summed E-state index contributed by atoms with van der Waals surface area (Å²) in [6, 6.07) is 10.2. The van der Waals surface area contributed by atoms with Crippen LogP contribution in [0.25, 0.3) is 0 Å². The minimum absolute atomic E-state index is 0.762. The van der Waals surface area contributed by atoms with Crippen LogP contribution in [-0.4, -0.2) is 0 Å². The van der Waals surface area contributed by atoms with Crippen molar-refractivity contribution in [1.29, 1.82) is 5.26 Å². The third-order valence-electron chi connectivity index (χ3n) is 4.15. The van der Waals surface area contributed by atoms with Gasteiger partial charge in [-0.2, -0.15) is 5.26 Å². The van der Waals surface area contributed by atoms with Crippen LogP contribution in [-0.2, 0) is 6.42 Å². The topological polar surface area (TPSA) is 23.8 Å². The molecule has 1 rings (SSSR count). The molecule has 0 radical (unpaired) electrons. The van der Waals surface area contributed by atoms with Gasteiger partial charge in [0.05, 0.1) is 11.6 Å². The van der Waals surface area contributed by atoms with E-state index in [-0.39, 0.29) is 0 Å². The van der Waals surface area contributed by atoms with Crippen molar-refractivity contribution in [2.24, 2.45) is 0 Å². The van der Waals surface area contributed by atoms with Crippen molar-refractivity contribution in [3.05, 3.63) is 35.4 Å². The second-order valence-electron chi connectivity index (χ2n) is 6.09. The molecule has 0 aliphatic carbocycles. The Morgan fingerprint density at radius 3 is 1.67 bits per heavy atom. The molecule has 21 heavy (non-hydrogen) atoms. The van der Waals surface area contributed by atoms with Crippen LogP contribution in [0.3, 0.4) is 0 Å². The minimum Gasteiger partial charge on any atom is -0.192 e. The predicted octanol–water partition coefficient (Wildman–Crippen LogP) is 6.41. The molecule has 0 N–H and O–H groups in total. The van der Waals surface area contributed by atoms with Crippen molar-refractivity contribution in [2.45, 2.75) is 84.0 Å². The van der Waals surface area contributed by atoms with Crippen molar-refractivity contribution >= 4 is 0 Å². The standard InChI is InChI=1S/C20H31N/c1-2-3-4-5-6-7-8-9-10-11-12-13-19-14-16-20(18-21)17-15-19/h14-17H,2-13H2,1H3. The summed E-state index contributed by atoms with van der Waals surface area (Å²) in [6.07, 6.45) is 16.5. The molecule has 116 valence electrons. The summed E-state index contributed by atoms with van der Waals surface area (Å²) in [6.45, 7) is 2.28. The van der Waals surface area contributed by atoms with E-state index in [9.17, 15) is 0 Å². The summed E-state index contributed by atoms with van der Waals surface area (Å²) in [5, 5.41) is 8.76. The molecule has 0 fully saturated rings. The molecule has 0 aliphatic heterocycles. The number of rotatable bonds is 12. The Kier molecular flexibility index (Phi) is 10.5. The van der Waals surface area contributed by atoms with E-state index in [0.717, 1.165) is 12.0 Å². The van der Waals surface area contributed by atoms with Crippen LogP contribution in [0, 0.1) is 11.3 Å². The Morgan fingerprint density at radius 2 is 1.19 bits per heavy atom. The normalized spacial score (nSPS) is 10.5. The number of unbranched alkanes of at least 4 members (excludes halogenated alkanes) is 10. The SMILES string of the molecule is CCCCCCCCCCCCCc1ccc(C#N)cc1. The Morgan fingerprint density at radius 1 is 0.714 bits per heavy atom. The van der Waals surface area contributed by atoms with Gasteiger partial charge in [-0.3, -0.25) is 0 Å². The van der Waals surface area contributed by atoms with Crippen LogP contribution in [0.15, 0.2) is 24.3 Å². The summed E-state index contributed by atoms with van der Waals surface area (Å²) < 4.78 is 0. The second kappa shape index (κ2) is 12.5. The second-order valence-corrected chi connectivity index (χ2v) is 6.09. The lowest BCUT2D eigenvalue weighted by Gasteiger charge is -2.03. The molecule has 0 unspecified atom stereocenters. The fourth-order valence-electron chi connectivity index (χ4n) is 2.74. The summed E-state index contributed by atoms with van der Waals surface area (Å²) in [5.41, 5.74) is 2.13. The largest absolute Gasteiger partial charge is 0.192 e. The summed E-state index contributed by atoms with van der Waals surface area (Å²) in [4.78, 5) is 0. The van der Waals surface area contributed by atoms with Gasteiger partial charge in [-0.25, -0.2) is 0 Å². The number of hydrogen-bond donors (Lipinski definition) is 0. The minimum atomic E-state index is 0.762. The molecule has 0 amide bonds. The lowest BCUT2D eigenvalue weighted by Crippen LogP contribution is -1.87. The van der Waals surface area contributed by atoms with Gasteiger partial charge in [0.15, 0.2) is 0 Å². The zero-order chi connectivity index (χ0) is 15.2. The first-order chi connectivity index (χ1) is 10.4. The fourth-order valence-corrected chi connectivity index (χ4v) is 2.74. The van der Waals surface area contributed by atoms with E-state index in [1.165, 1.54) is 76.2 Å². The van der Waals surface area contributed by atoms with Gasteiger partial charge in [0.25, 0.3) is 0 Å². The van der Waals surface area contributed by atoms with Gasteiger partial charge in [0.1, 0.15) is 0 Å². The molecule has 1 aromatic carbocycles. The number of nitrogens with zero attached hydrogens (tertiary/aromatic N) is 1. The zero-order valence-electron chi connectivity index (χ0n) is 13.7. The Labute approximate surface area is 131 Å². The average Bonchev–Trinajstić information content (AvgIpc) is 2.53. The van der Waals surface area contributed by atoms with Crippen LogP contribution in [0.2, 0.25) is 0 Å². The van der Waals surface area contributed by atoms with Gasteiger partial charge < -0.3 is 0 Å². The smallest absolute Gasteiger partial charge is 0.0991 e. The molecule has 0 saturated heterocycles. The molecule has 1 heteroatoms. The number of nitriles is 1. The zero-order valence-corrected chi connectivity index (χ0v) is 13.7. The Bertz CT molecular complexity index is 385. The Balaban J connectivity index is 1.89. The first-order valence-corrected chi connectivity index (χ1v) is 8.86. The number of hydrogen-bond acceptors (Lipinski definition) is 1. The fraction of sp³-hybridized carbons (Fsp3) is 0.650. The average molecular weight is 285 g/mol. The van der Waals surface area contributed by atoms with Gasteiger partial charge in [0, 0.05) is 0 Å². The molecule has 0 atom stereocenters. The van der Waals surface area contributed by atoms with E-state index >= 15 is 0 Å². The third-order valence-corrected chi connectivity index (χ3v) is 4.15. The van der Waals surface area contributed by atoms with Crippen molar-refractivity contribution in [1.82, 2.24) is 0 Å². The maximum Gasteiger partial charge on any atom is 0.0991 e. The van der Waals surface area contributed by atoms with E-state index in [0.29, 0.717) is 0 Å². The first kappa shape index (κ1) is 17.8. The summed E-state index contributed by atoms with van der Waals surface area (Å²) in [5.74, 6) is 0. The predicted molar refractivity (Wildman–Crippen MR) is 91.3 cm³/mol.